The predicted octanol–water partition coefficient (Wildman–Crippen LogP) is 1.37. The van der Waals surface area contributed by atoms with E-state index in [2.05, 4.69) is 5.16 Å². The first-order valence-electron chi connectivity index (χ1n) is 4.16. The molecule has 0 radical (unpaired) electrons. The molecule has 0 aliphatic carbocycles. The van der Waals surface area contributed by atoms with Crippen molar-refractivity contribution in [3.05, 3.63) is 21.4 Å². The fourth-order valence-corrected chi connectivity index (χ4v) is 1.12. The van der Waals surface area contributed by atoms with Crippen LogP contribution in [0.2, 0.25) is 0 Å². The maximum Gasteiger partial charge on any atom is 0.300 e. The van der Waals surface area contributed by atoms with Crippen molar-refractivity contribution in [3.8, 4) is 0 Å². The van der Waals surface area contributed by atoms with E-state index in [0.29, 0.717) is 18.4 Å². The molecule has 0 heterocycles. The van der Waals surface area contributed by atoms with Crippen LogP contribution in [0.25, 0.3) is 0 Å². The molecule has 6 heteroatoms. The van der Waals surface area contributed by atoms with Crippen LogP contribution in [0.3, 0.4) is 0 Å². The van der Waals surface area contributed by atoms with Gasteiger partial charge in [-0.1, -0.05) is 19.0 Å². The molecule has 0 fully saturated rings. The quantitative estimate of drug-likeness (QED) is 0.238. The van der Waals surface area contributed by atoms with Crippen molar-refractivity contribution in [1.82, 2.24) is 0 Å². The molecule has 0 saturated heterocycles. The number of carbonyl (C=O) groups is 1. The summed E-state index contributed by atoms with van der Waals surface area (Å²) in [5.74, 6) is 0. The van der Waals surface area contributed by atoms with Crippen molar-refractivity contribution in [3.63, 3.8) is 0 Å². The lowest BCUT2D eigenvalue weighted by molar-refractivity contribution is -0.416. The van der Waals surface area contributed by atoms with Crippen molar-refractivity contribution in [2.45, 2.75) is 26.7 Å². The van der Waals surface area contributed by atoms with Gasteiger partial charge in [0.2, 0.25) is 5.71 Å². The average Bonchev–Trinajstić information content (AvgIpc) is 2.18. The number of hydrogen-bond acceptors (Lipinski definition) is 5. The molecule has 0 rings (SSSR count). The van der Waals surface area contributed by atoms with Crippen LogP contribution in [0.15, 0.2) is 16.4 Å². The third-order valence-electron chi connectivity index (χ3n) is 1.83. The molecule has 0 unspecified atom stereocenters. The molecule has 0 aliphatic heterocycles. The number of nitro groups is 1. The van der Waals surface area contributed by atoms with Gasteiger partial charge in [0.15, 0.2) is 6.29 Å². The van der Waals surface area contributed by atoms with Crippen LogP contribution in [0, 0.1) is 10.1 Å². The second-order valence-corrected chi connectivity index (χ2v) is 2.52. The summed E-state index contributed by atoms with van der Waals surface area (Å²) in [7, 11) is 0. The average molecular weight is 200 g/mol. The van der Waals surface area contributed by atoms with Crippen molar-refractivity contribution in [1.29, 1.82) is 0 Å². The monoisotopic (exact) mass is 200 g/mol. The van der Waals surface area contributed by atoms with Crippen LogP contribution in [-0.4, -0.2) is 22.1 Å². The van der Waals surface area contributed by atoms with Crippen molar-refractivity contribution >= 4 is 12.0 Å². The van der Waals surface area contributed by atoms with E-state index in [-0.39, 0.29) is 6.29 Å². The van der Waals surface area contributed by atoms with E-state index < -0.39 is 16.3 Å². The van der Waals surface area contributed by atoms with Gasteiger partial charge < -0.3 is 5.21 Å². The topological polar surface area (TPSA) is 92.8 Å². The van der Waals surface area contributed by atoms with Crippen LogP contribution in [0.1, 0.15) is 26.7 Å². The summed E-state index contributed by atoms with van der Waals surface area (Å²) in [4.78, 5) is 20.3. The largest absolute Gasteiger partial charge is 0.410 e. The summed E-state index contributed by atoms with van der Waals surface area (Å²) in [6.07, 6.45) is 1.06. The molecule has 0 spiro atoms. The first-order valence-corrected chi connectivity index (χ1v) is 4.16. The molecule has 14 heavy (non-hydrogen) atoms. The Morgan fingerprint density at radius 1 is 1.50 bits per heavy atom. The fourth-order valence-electron chi connectivity index (χ4n) is 1.12. The van der Waals surface area contributed by atoms with E-state index in [1.165, 1.54) is 0 Å². The zero-order valence-corrected chi connectivity index (χ0v) is 8.06. The van der Waals surface area contributed by atoms with Gasteiger partial charge in [-0.3, -0.25) is 14.9 Å². The lowest BCUT2D eigenvalue weighted by Gasteiger charge is -2.01. The third-order valence-corrected chi connectivity index (χ3v) is 1.83. The molecule has 0 aliphatic rings. The van der Waals surface area contributed by atoms with E-state index in [1.807, 2.05) is 0 Å². The maximum atomic E-state index is 10.6. The standard InChI is InChI=1S/C8H12N2O4/c1-3-6(4-2)8(10(13)14)7(5-11)9-12/h5,12H,3-4H2,1-2H3/b9-7-. The van der Waals surface area contributed by atoms with Gasteiger partial charge in [-0.25, -0.2) is 0 Å². The SMILES string of the molecule is CCC(CC)=C(/C(C=O)=N\O)[N+](=O)[O-]. The van der Waals surface area contributed by atoms with Gasteiger partial charge in [0.1, 0.15) is 0 Å². The number of allylic oxidation sites excluding steroid dienone is 2. The zero-order chi connectivity index (χ0) is 11.1. The summed E-state index contributed by atoms with van der Waals surface area (Å²) < 4.78 is 0. The van der Waals surface area contributed by atoms with E-state index in [9.17, 15) is 14.9 Å². The van der Waals surface area contributed by atoms with Gasteiger partial charge in [0.25, 0.3) is 0 Å². The summed E-state index contributed by atoms with van der Waals surface area (Å²) in [5, 5.41) is 21.6. The van der Waals surface area contributed by atoms with Crippen molar-refractivity contribution in [2.24, 2.45) is 5.16 Å². The van der Waals surface area contributed by atoms with Crippen molar-refractivity contribution in [2.75, 3.05) is 0 Å². The maximum absolute atomic E-state index is 10.6. The van der Waals surface area contributed by atoms with Gasteiger partial charge in [0, 0.05) is 5.57 Å². The van der Waals surface area contributed by atoms with E-state index in [4.69, 9.17) is 5.21 Å². The summed E-state index contributed by atoms with van der Waals surface area (Å²) in [5.41, 5.74) is -0.448. The molecule has 6 nitrogen and oxygen atoms in total. The highest BCUT2D eigenvalue weighted by molar-refractivity contribution is 6.35. The number of rotatable bonds is 5. The van der Waals surface area contributed by atoms with Gasteiger partial charge in [0.05, 0.1) is 4.92 Å². The summed E-state index contributed by atoms with van der Waals surface area (Å²) >= 11 is 0. The molecule has 1 N–H and O–H groups in total. The Labute approximate surface area is 81.1 Å². The Bertz CT molecular complexity index is 288. The number of nitrogens with zero attached hydrogens (tertiary/aromatic N) is 2. The Balaban J connectivity index is 5.43. The molecule has 0 atom stereocenters. The molecular formula is C8H12N2O4. The highest BCUT2D eigenvalue weighted by atomic mass is 16.6. The molecule has 0 aromatic carbocycles. The second kappa shape index (κ2) is 5.85. The zero-order valence-electron chi connectivity index (χ0n) is 8.06. The molecule has 0 aromatic heterocycles. The van der Waals surface area contributed by atoms with Gasteiger partial charge in [-0.15, -0.1) is 0 Å². The lowest BCUT2D eigenvalue weighted by Crippen LogP contribution is -2.15. The van der Waals surface area contributed by atoms with Crippen LogP contribution < -0.4 is 0 Å². The number of hydrogen-bond donors (Lipinski definition) is 1. The predicted molar refractivity (Wildman–Crippen MR) is 49.9 cm³/mol. The minimum absolute atomic E-state index is 0.170. The minimum Gasteiger partial charge on any atom is -0.410 e. The van der Waals surface area contributed by atoms with E-state index in [0.717, 1.165) is 0 Å². The van der Waals surface area contributed by atoms with Crippen LogP contribution in [-0.2, 0) is 4.79 Å². The van der Waals surface area contributed by atoms with Crippen LogP contribution in [0.4, 0.5) is 0 Å². The number of oxime groups is 1. The Morgan fingerprint density at radius 3 is 2.21 bits per heavy atom. The van der Waals surface area contributed by atoms with Gasteiger partial charge in [-0.2, -0.15) is 0 Å². The molecule has 0 amide bonds. The first kappa shape index (κ1) is 12.3. The molecule has 0 saturated carbocycles. The van der Waals surface area contributed by atoms with Crippen LogP contribution in [0.5, 0.6) is 0 Å². The summed E-state index contributed by atoms with van der Waals surface area (Å²) in [6.45, 7) is 3.48. The van der Waals surface area contributed by atoms with Gasteiger partial charge >= 0.3 is 5.70 Å². The Kier molecular flexibility index (Phi) is 5.13. The van der Waals surface area contributed by atoms with Crippen molar-refractivity contribution < 1.29 is 14.9 Å². The lowest BCUT2D eigenvalue weighted by atomic mass is 10.1. The van der Waals surface area contributed by atoms with Crippen LogP contribution >= 0.6 is 0 Å². The molecular weight excluding hydrogens is 188 g/mol. The molecule has 0 aromatic rings. The minimum atomic E-state index is -0.703. The van der Waals surface area contributed by atoms with E-state index >= 15 is 0 Å². The van der Waals surface area contributed by atoms with Gasteiger partial charge in [-0.05, 0) is 12.8 Å². The third kappa shape index (κ3) is 2.65. The summed E-state index contributed by atoms with van der Waals surface area (Å²) in [6, 6.07) is 0. The molecule has 0 bridgehead atoms. The first-order chi connectivity index (χ1) is 6.62. The highest BCUT2D eigenvalue weighted by Crippen LogP contribution is 2.14. The highest BCUT2D eigenvalue weighted by Gasteiger charge is 2.23. The molecule has 78 valence electrons. The Morgan fingerprint density at radius 2 is 2.00 bits per heavy atom. The number of aldehydes is 1. The second-order valence-electron chi connectivity index (χ2n) is 2.52. The fraction of sp³-hybridized carbons (Fsp3) is 0.500. The Hall–Kier alpha value is -1.72. The number of carbonyl (C=O) groups excluding carboxylic acids is 1. The smallest absolute Gasteiger partial charge is 0.300 e. The van der Waals surface area contributed by atoms with E-state index in [1.54, 1.807) is 13.8 Å². The normalized spacial score (nSPS) is 10.9.